The molecule has 6 nitrogen and oxygen atoms in total. The predicted octanol–water partition coefficient (Wildman–Crippen LogP) is 8.45. The number of hydrogen-bond acceptors (Lipinski definition) is 4. The second kappa shape index (κ2) is 11.7. The highest BCUT2D eigenvalue weighted by Crippen LogP contribution is 2.36. The number of benzene rings is 4. The van der Waals surface area contributed by atoms with Crippen LogP contribution in [0.25, 0.3) is 65.7 Å². The maximum atomic E-state index is 13.6. The molecule has 0 aliphatic heterocycles. The summed E-state index contributed by atoms with van der Waals surface area (Å²) in [7, 11) is 0. The lowest BCUT2D eigenvalue weighted by atomic mass is 9.96. The summed E-state index contributed by atoms with van der Waals surface area (Å²) in [6.07, 6.45) is 0. The lowest BCUT2D eigenvalue weighted by molar-refractivity contribution is 1.18. The first-order chi connectivity index (χ1) is 19.7. The molecular formula is C34H36N4O2. The smallest absolute Gasteiger partial charge is 0.264 e. The fourth-order valence-electron chi connectivity index (χ4n) is 5.29. The van der Waals surface area contributed by atoms with Gasteiger partial charge in [-0.25, -0.2) is 9.97 Å². The molecule has 0 saturated carbocycles. The van der Waals surface area contributed by atoms with Crippen molar-refractivity contribution < 1.29 is 0 Å². The van der Waals surface area contributed by atoms with E-state index in [1.54, 1.807) is 8.80 Å². The molecule has 0 bridgehead atoms. The summed E-state index contributed by atoms with van der Waals surface area (Å²) in [6, 6.07) is 22.8. The van der Waals surface area contributed by atoms with Crippen LogP contribution in [0.1, 0.15) is 55.4 Å². The zero-order chi connectivity index (χ0) is 29.1. The maximum absolute atomic E-state index is 13.6. The molecule has 6 heteroatoms. The van der Waals surface area contributed by atoms with Gasteiger partial charge in [-0.3, -0.25) is 18.4 Å². The first-order valence-corrected chi connectivity index (χ1v) is 14.4. The van der Waals surface area contributed by atoms with Gasteiger partial charge >= 0.3 is 0 Å². The number of aromatic nitrogens is 4. The molecule has 0 atom stereocenters. The molecule has 0 radical (unpaired) electrons. The van der Waals surface area contributed by atoms with Gasteiger partial charge in [0.05, 0.1) is 22.1 Å². The molecule has 0 saturated heterocycles. The lowest BCUT2D eigenvalue weighted by Crippen LogP contribution is -2.16. The Morgan fingerprint density at radius 2 is 0.775 bits per heavy atom. The number of nitrogens with zero attached hydrogens (tertiary/aromatic N) is 4. The number of fused-ring (bicyclic) bond motifs is 8. The van der Waals surface area contributed by atoms with E-state index in [1.165, 1.54) is 0 Å². The van der Waals surface area contributed by atoms with Gasteiger partial charge in [0.2, 0.25) is 0 Å². The molecule has 0 unspecified atom stereocenters. The molecule has 40 heavy (non-hydrogen) atoms. The SMILES string of the molecule is CC.CC.CC.CC.O=c1c2ccc3c4c(ccc(c24)c2nc4ccccc4n12)c(=O)n1c2ccccc2nc31. The Morgan fingerprint density at radius 3 is 1.15 bits per heavy atom. The third-order valence-corrected chi connectivity index (χ3v) is 6.63. The average Bonchev–Trinajstić information content (AvgIpc) is 3.63. The van der Waals surface area contributed by atoms with Crippen molar-refractivity contribution in [3.63, 3.8) is 0 Å². The molecule has 0 aliphatic rings. The lowest BCUT2D eigenvalue weighted by Gasteiger charge is -2.12. The second-order valence-corrected chi connectivity index (χ2v) is 8.20. The second-order valence-electron chi connectivity index (χ2n) is 8.20. The fourth-order valence-corrected chi connectivity index (χ4v) is 5.29. The molecule has 204 valence electrons. The van der Waals surface area contributed by atoms with Crippen molar-refractivity contribution in [1.29, 1.82) is 0 Å². The van der Waals surface area contributed by atoms with E-state index >= 15 is 0 Å². The van der Waals surface area contributed by atoms with E-state index in [4.69, 9.17) is 9.97 Å². The Bertz CT molecular complexity index is 2030. The van der Waals surface area contributed by atoms with Gasteiger partial charge < -0.3 is 0 Å². The highest BCUT2D eigenvalue weighted by Gasteiger charge is 2.21. The van der Waals surface area contributed by atoms with Gasteiger partial charge in [-0.05, 0) is 48.5 Å². The summed E-state index contributed by atoms with van der Waals surface area (Å²) >= 11 is 0. The van der Waals surface area contributed by atoms with Crippen LogP contribution in [0.2, 0.25) is 0 Å². The topological polar surface area (TPSA) is 68.7 Å². The molecule has 0 aliphatic carbocycles. The monoisotopic (exact) mass is 532 g/mol. The van der Waals surface area contributed by atoms with Crippen molar-refractivity contribution in [1.82, 2.24) is 18.8 Å². The van der Waals surface area contributed by atoms with Crippen LogP contribution in [0, 0.1) is 0 Å². The Morgan fingerprint density at radius 1 is 0.450 bits per heavy atom. The van der Waals surface area contributed by atoms with Crippen molar-refractivity contribution in [2.45, 2.75) is 55.4 Å². The van der Waals surface area contributed by atoms with Gasteiger partial charge in [-0.2, -0.15) is 0 Å². The average molecular weight is 533 g/mol. The maximum Gasteiger partial charge on any atom is 0.264 e. The van der Waals surface area contributed by atoms with Crippen molar-refractivity contribution in [3.8, 4) is 0 Å². The molecule has 0 spiro atoms. The molecule has 4 aromatic heterocycles. The normalized spacial score (nSPS) is 10.7. The van der Waals surface area contributed by atoms with E-state index in [9.17, 15) is 9.59 Å². The Kier molecular flexibility index (Phi) is 8.29. The number of rotatable bonds is 0. The van der Waals surface area contributed by atoms with Crippen LogP contribution in [-0.4, -0.2) is 18.8 Å². The van der Waals surface area contributed by atoms with Gasteiger partial charge in [0, 0.05) is 32.3 Å². The van der Waals surface area contributed by atoms with Crippen LogP contribution in [-0.2, 0) is 0 Å². The molecule has 0 fully saturated rings. The minimum Gasteiger partial charge on any atom is -0.268 e. The minimum atomic E-state index is -0.128. The van der Waals surface area contributed by atoms with E-state index < -0.39 is 0 Å². The highest BCUT2D eigenvalue weighted by atomic mass is 16.1. The number of para-hydroxylation sites is 4. The number of pyridine rings is 2. The summed E-state index contributed by atoms with van der Waals surface area (Å²) in [6.45, 7) is 16.0. The van der Waals surface area contributed by atoms with E-state index in [0.29, 0.717) is 22.1 Å². The number of hydrogen-bond donors (Lipinski definition) is 0. The molecular weight excluding hydrogens is 496 g/mol. The van der Waals surface area contributed by atoms with Crippen LogP contribution in [0.3, 0.4) is 0 Å². The highest BCUT2D eigenvalue weighted by molar-refractivity contribution is 6.27. The summed E-state index contributed by atoms with van der Waals surface area (Å²) in [5.74, 6) is 0. The third-order valence-electron chi connectivity index (χ3n) is 6.63. The van der Waals surface area contributed by atoms with E-state index in [2.05, 4.69) is 0 Å². The summed E-state index contributed by atoms with van der Waals surface area (Å²) in [4.78, 5) is 36.7. The van der Waals surface area contributed by atoms with E-state index in [-0.39, 0.29) is 11.1 Å². The van der Waals surface area contributed by atoms with Gasteiger partial charge in [-0.1, -0.05) is 79.7 Å². The van der Waals surface area contributed by atoms with Crippen LogP contribution < -0.4 is 11.1 Å². The van der Waals surface area contributed by atoms with Crippen molar-refractivity contribution in [3.05, 3.63) is 93.5 Å². The Labute approximate surface area is 233 Å². The molecule has 0 amide bonds. The molecule has 4 heterocycles. The fraction of sp³-hybridized carbons (Fsp3) is 0.235. The Balaban J connectivity index is 0.000000428. The third kappa shape index (κ3) is 3.86. The van der Waals surface area contributed by atoms with Gasteiger partial charge in [0.25, 0.3) is 11.1 Å². The van der Waals surface area contributed by atoms with Crippen LogP contribution >= 0.6 is 0 Å². The first-order valence-electron chi connectivity index (χ1n) is 14.4. The van der Waals surface area contributed by atoms with E-state index in [1.807, 2.05) is 128 Å². The molecule has 8 aromatic rings. The Hall–Kier alpha value is -4.58. The predicted molar refractivity (Wildman–Crippen MR) is 172 cm³/mol. The molecule has 8 rings (SSSR count). The van der Waals surface area contributed by atoms with Gasteiger partial charge in [0.1, 0.15) is 11.3 Å². The largest absolute Gasteiger partial charge is 0.268 e. The minimum absolute atomic E-state index is 0.128. The molecule has 4 aromatic carbocycles. The van der Waals surface area contributed by atoms with Crippen molar-refractivity contribution >= 4 is 65.7 Å². The quantitative estimate of drug-likeness (QED) is 0.184. The summed E-state index contributed by atoms with van der Waals surface area (Å²) < 4.78 is 3.35. The van der Waals surface area contributed by atoms with Crippen molar-refractivity contribution in [2.24, 2.45) is 0 Å². The van der Waals surface area contributed by atoms with Crippen LogP contribution in [0.4, 0.5) is 0 Å². The standard InChI is InChI=1S/C26H12N4O2.4C2H6/c31-25-15-12-10-14-22-16(26(32)30-20-8-4-2-6-18(20)28-24(14)30)11-9-13(21(15)22)23-27-17-5-1-3-7-19(17)29(23)25;4*1-2/h1-12H;4*1-2H3. The zero-order valence-electron chi connectivity index (χ0n) is 24.5. The summed E-state index contributed by atoms with van der Waals surface area (Å²) in [5.41, 5.74) is 4.07. The zero-order valence-corrected chi connectivity index (χ0v) is 24.5. The van der Waals surface area contributed by atoms with E-state index in [0.717, 1.165) is 43.6 Å². The van der Waals surface area contributed by atoms with Crippen molar-refractivity contribution in [2.75, 3.05) is 0 Å². The van der Waals surface area contributed by atoms with Crippen LogP contribution in [0.5, 0.6) is 0 Å². The summed E-state index contributed by atoms with van der Waals surface area (Å²) in [5, 5.41) is 4.42. The number of imidazole rings is 2. The molecule has 0 N–H and O–H groups in total. The first kappa shape index (κ1) is 28.4. The van der Waals surface area contributed by atoms with Gasteiger partial charge in [0.15, 0.2) is 0 Å². The van der Waals surface area contributed by atoms with Gasteiger partial charge in [-0.15, -0.1) is 0 Å². The van der Waals surface area contributed by atoms with Crippen LogP contribution in [0.15, 0.2) is 82.4 Å².